The Kier molecular flexibility index (Phi) is 5.54. The van der Waals surface area contributed by atoms with Gasteiger partial charge in [-0.05, 0) is 37.8 Å². The van der Waals surface area contributed by atoms with Crippen molar-refractivity contribution in [2.24, 2.45) is 11.8 Å². The number of hydrogen-bond donors (Lipinski definition) is 3. The van der Waals surface area contributed by atoms with Gasteiger partial charge in [0.25, 0.3) is 5.91 Å². The number of carbonyl (C=O) groups is 3. The summed E-state index contributed by atoms with van der Waals surface area (Å²) in [6.07, 6.45) is 5.09. The monoisotopic (exact) mass is 336 g/mol. The van der Waals surface area contributed by atoms with Gasteiger partial charge < -0.3 is 5.11 Å². The molecule has 1 heterocycles. The average molecular weight is 336 g/mol. The molecule has 2 atom stereocenters. The zero-order valence-electron chi connectivity index (χ0n) is 13.1. The topological polar surface area (TPSA) is 95.5 Å². The summed E-state index contributed by atoms with van der Waals surface area (Å²) >= 11 is 1.39. The minimum Gasteiger partial charge on any atom is -0.481 e. The highest BCUT2D eigenvalue weighted by atomic mass is 32.1. The Morgan fingerprint density at radius 1 is 1.22 bits per heavy atom. The molecule has 0 unspecified atom stereocenters. The van der Waals surface area contributed by atoms with E-state index in [4.69, 9.17) is 0 Å². The van der Waals surface area contributed by atoms with Gasteiger partial charge in [-0.3, -0.25) is 25.2 Å². The fraction of sp³-hybridized carbons (Fsp3) is 0.438. The van der Waals surface area contributed by atoms with Crippen molar-refractivity contribution < 1.29 is 19.5 Å². The zero-order chi connectivity index (χ0) is 17.0. The molecule has 7 heteroatoms. The van der Waals surface area contributed by atoms with Gasteiger partial charge in [0.05, 0.1) is 16.7 Å². The number of rotatable bonds is 4. The van der Waals surface area contributed by atoms with Crippen molar-refractivity contribution in [3.05, 3.63) is 33.5 Å². The van der Waals surface area contributed by atoms with E-state index in [9.17, 15) is 19.5 Å². The van der Waals surface area contributed by atoms with Gasteiger partial charge in [-0.1, -0.05) is 19.1 Å². The van der Waals surface area contributed by atoms with Crippen molar-refractivity contribution >= 4 is 29.1 Å². The van der Waals surface area contributed by atoms with Gasteiger partial charge in [-0.15, -0.1) is 11.3 Å². The number of aliphatic carboxylic acids is 1. The minimum absolute atomic E-state index is 0.325. The summed E-state index contributed by atoms with van der Waals surface area (Å²) in [5.41, 5.74) is 5.78. The fourth-order valence-corrected chi connectivity index (χ4v) is 3.64. The molecular formula is C16H20N2O4S. The van der Waals surface area contributed by atoms with Crippen LogP contribution in [0.4, 0.5) is 0 Å². The summed E-state index contributed by atoms with van der Waals surface area (Å²) in [7, 11) is 0. The lowest BCUT2D eigenvalue weighted by molar-refractivity contribution is -0.147. The first-order valence-electron chi connectivity index (χ1n) is 7.51. The first-order chi connectivity index (χ1) is 10.9. The lowest BCUT2D eigenvalue weighted by Gasteiger charge is -2.24. The van der Waals surface area contributed by atoms with E-state index in [1.807, 2.05) is 13.8 Å². The maximum Gasteiger partial charge on any atom is 0.307 e. The smallest absolute Gasteiger partial charge is 0.307 e. The van der Waals surface area contributed by atoms with Crippen LogP contribution in [0, 0.1) is 18.8 Å². The molecule has 6 nitrogen and oxygen atoms in total. The Labute approximate surface area is 138 Å². The largest absolute Gasteiger partial charge is 0.481 e. The summed E-state index contributed by atoms with van der Waals surface area (Å²) < 4.78 is 0. The summed E-state index contributed by atoms with van der Waals surface area (Å²) in [6.45, 7) is 3.96. The van der Waals surface area contributed by atoms with Gasteiger partial charge in [0, 0.05) is 4.88 Å². The maximum absolute atomic E-state index is 12.2. The van der Waals surface area contributed by atoms with Crippen LogP contribution in [0.2, 0.25) is 0 Å². The van der Waals surface area contributed by atoms with Gasteiger partial charge in [-0.2, -0.15) is 0 Å². The Balaban J connectivity index is 1.96. The molecule has 23 heavy (non-hydrogen) atoms. The highest BCUT2D eigenvalue weighted by Gasteiger charge is 2.34. The zero-order valence-corrected chi connectivity index (χ0v) is 13.9. The first kappa shape index (κ1) is 17.2. The first-order valence-corrected chi connectivity index (χ1v) is 8.33. The summed E-state index contributed by atoms with van der Waals surface area (Å²) in [5, 5.41) is 9.17. The van der Waals surface area contributed by atoms with Crippen LogP contribution >= 0.6 is 11.3 Å². The van der Waals surface area contributed by atoms with Gasteiger partial charge >= 0.3 is 5.97 Å². The standard InChI is InChI=1S/C16H20N2O4S/c1-3-12-9(2)8-13(23-12)15(20)18-17-14(19)10-6-4-5-7-11(10)16(21)22/h4-5,8,10-11H,3,6-7H2,1-2H3,(H,17,19)(H,18,20)(H,21,22)/t10-,11-/m1/s1. The molecule has 1 aromatic heterocycles. The molecule has 3 N–H and O–H groups in total. The lowest BCUT2D eigenvalue weighted by atomic mass is 9.82. The van der Waals surface area contributed by atoms with E-state index in [0.29, 0.717) is 17.7 Å². The van der Waals surface area contributed by atoms with Crippen molar-refractivity contribution in [1.29, 1.82) is 0 Å². The van der Waals surface area contributed by atoms with E-state index in [-0.39, 0.29) is 5.91 Å². The third-order valence-electron chi connectivity index (χ3n) is 3.95. The highest BCUT2D eigenvalue weighted by molar-refractivity contribution is 7.14. The van der Waals surface area contributed by atoms with Crippen LogP contribution in [0.1, 0.15) is 39.9 Å². The molecule has 0 saturated heterocycles. The predicted octanol–water partition coefficient (Wildman–Crippen LogP) is 2.05. The minimum atomic E-state index is -0.998. The Hall–Kier alpha value is -2.15. The van der Waals surface area contributed by atoms with Gasteiger partial charge in [0.2, 0.25) is 5.91 Å². The van der Waals surface area contributed by atoms with Crippen LogP contribution in [0.25, 0.3) is 0 Å². The second-order valence-electron chi connectivity index (χ2n) is 5.51. The molecule has 0 aliphatic heterocycles. The molecule has 0 bridgehead atoms. The molecule has 1 aromatic rings. The van der Waals surface area contributed by atoms with Gasteiger partial charge in [0.1, 0.15) is 0 Å². The Bertz CT molecular complexity index is 651. The van der Waals surface area contributed by atoms with Crippen LogP contribution in [-0.4, -0.2) is 22.9 Å². The van der Waals surface area contributed by atoms with Crippen LogP contribution in [0.5, 0.6) is 0 Å². The van der Waals surface area contributed by atoms with Crippen molar-refractivity contribution in [2.75, 3.05) is 0 Å². The third kappa shape index (κ3) is 3.98. The maximum atomic E-state index is 12.2. The number of aryl methyl sites for hydroxylation is 2. The van der Waals surface area contributed by atoms with Crippen molar-refractivity contribution in [2.45, 2.75) is 33.1 Å². The SMILES string of the molecule is CCc1sc(C(=O)NNC(=O)[C@@H]2CC=CC[C@H]2C(=O)O)cc1C. The van der Waals surface area contributed by atoms with Crippen LogP contribution < -0.4 is 10.9 Å². The molecule has 0 saturated carbocycles. The van der Waals surface area contributed by atoms with E-state index in [1.165, 1.54) is 11.3 Å². The van der Waals surface area contributed by atoms with Crippen LogP contribution in [-0.2, 0) is 16.0 Å². The lowest BCUT2D eigenvalue weighted by Crippen LogP contribution is -2.47. The average Bonchev–Trinajstić information content (AvgIpc) is 2.93. The summed E-state index contributed by atoms with van der Waals surface area (Å²) in [4.78, 5) is 37.1. The molecule has 0 radical (unpaired) electrons. The third-order valence-corrected chi connectivity index (χ3v) is 5.33. The van der Waals surface area contributed by atoms with Crippen molar-refractivity contribution in [3.8, 4) is 0 Å². The summed E-state index contributed by atoms with van der Waals surface area (Å²) in [6, 6.07) is 1.79. The number of carboxylic acid groups (broad SMARTS) is 1. The van der Waals surface area contributed by atoms with Crippen molar-refractivity contribution in [1.82, 2.24) is 10.9 Å². The normalized spacial score (nSPS) is 20.1. The molecule has 1 aliphatic rings. The van der Waals surface area contributed by atoms with E-state index < -0.39 is 23.7 Å². The van der Waals surface area contributed by atoms with E-state index >= 15 is 0 Å². The quantitative estimate of drug-likeness (QED) is 0.579. The fourth-order valence-electron chi connectivity index (χ4n) is 2.63. The molecule has 124 valence electrons. The second kappa shape index (κ2) is 7.41. The number of hydrazine groups is 1. The number of nitrogens with one attached hydrogen (secondary N) is 2. The van der Waals surface area contributed by atoms with Crippen LogP contribution in [0.15, 0.2) is 18.2 Å². The molecular weight excluding hydrogens is 316 g/mol. The number of carbonyl (C=O) groups excluding carboxylic acids is 2. The molecule has 0 aromatic carbocycles. The molecule has 1 aliphatic carbocycles. The number of carboxylic acids is 1. The highest BCUT2D eigenvalue weighted by Crippen LogP contribution is 2.26. The van der Waals surface area contributed by atoms with E-state index in [0.717, 1.165) is 16.9 Å². The van der Waals surface area contributed by atoms with Crippen molar-refractivity contribution in [3.63, 3.8) is 0 Å². The number of allylic oxidation sites excluding steroid dienone is 2. The molecule has 0 spiro atoms. The number of thiophene rings is 1. The Morgan fingerprint density at radius 2 is 1.87 bits per heavy atom. The van der Waals surface area contributed by atoms with Gasteiger partial charge in [-0.25, -0.2) is 0 Å². The number of hydrogen-bond acceptors (Lipinski definition) is 4. The Morgan fingerprint density at radius 3 is 2.43 bits per heavy atom. The van der Waals surface area contributed by atoms with E-state index in [1.54, 1.807) is 18.2 Å². The second-order valence-corrected chi connectivity index (χ2v) is 6.64. The number of amides is 2. The molecule has 2 amide bonds. The van der Waals surface area contributed by atoms with E-state index in [2.05, 4.69) is 10.9 Å². The predicted molar refractivity (Wildman–Crippen MR) is 87.0 cm³/mol. The van der Waals surface area contributed by atoms with Crippen LogP contribution in [0.3, 0.4) is 0 Å². The molecule has 2 rings (SSSR count). The summed E-state index contributed by atoms with van der Waals surface area (Å²) in [5.74, 6) is -3.28. The van der Waals surface area contributed by atoms with Gasteiger partial charge in [0.15, 0.2) is 0 Å². The molecule has 0 fully saturated rings.